The summed E-state index contributed by atoms with van der Waals surface area (Å²) in [5, 5.41) is 14.1. The molecule has 1 unspecified atom stereocenters. The van der Waals surface area contributed by atoms with Crippen molar-refractivity contribution in [2.45, 2.75) is 58.2 Å². The first kappa shape index (κ1) is 17.8. The Kier molecular flexibility index (Phi) is 6.03. The maximum Gasteiger partial charge on any atom is 0.410 e. The highest BCUT2D eigenvalue weighted by Gasteiger charge is 2.30. The number of nitrogens with zero attached hydrogens (tertiary/aromatic N) is 2. The fraction of sp³-hybridized carbons (Fsp3) is 0.647. The normalized spacial score (nSPS) is 18.5. The molecule has 1 aromatic rings. The molecule has 6 heteroatoms. The van der Waals surface area contributed by atoms with E-state index < -0.39 is 5.60 Å². The topological polar surface area (TPSA) is 65.4 Å². The van der Waals surface area contributed by atoms with Gasteiger partial charge in [0.15, 0.2) is 0 Å². The third kappa shape index (κ3) is 5.52. The van der Waals surface area contributed by atoms with Crippen LogP contribution in [0.3, 0.4) is 0 Å². The molecule has 1 aliphatic rings. The average Bonchev–Trinajstić information content (AvgIpc) is 2.94. The van der Waals surface area contributed by atoms with Gasteiger partial charge < -0.3 is 15.0 Å². The third-order valence-electron chi connectivity index (χ3n) is 3.72. The Morgan fingerprint density at radius 1 is 1.52 bits per heavy atom. The minimum absolute atomic E-state index is 0.175. The largest absolute Gasteiger partial charge is 0.444 e. The number of hydrogen-bond acceptors (Lipinski definition) is 5. The fourth-order valence-corrected chi connectivity index (χ4v) is 3.45. The van der Waals surface area contributed by atoms with Gasteiger partial charge in [-0.3, -0.25) is 0 Å². The highest BCUT2D eigenvalue weighted by atomic mass is 32.1. The second-order valence-electron chi connectivity index (χ2n) is 6.87. The third-order valence-corrected chi connectivity index (χ3v) is 4.65. The summed E-state index contributed by atoms with van der Waals surface area (Å²) in [5.74, 6) is 0. The van der Waals surface area contributed by atoms with Crippen molar-refractivity contribution in [3.8, 4) is 6.07 Å². The smallest absolute Gasteiger partial charge is 0.410 e. The monoisotopic (exact) mass is 335 g/mol. The molecule has 0 bridgehead atoms. The van der Waals surface area contributed by atoms with E-state index in [0.717, 1.165) is 43.8 Å². The number of piperidine rings is 1. The summed E-state index contributed by atoms with van der Waals surface area (Å²) < 4.78 is 5.52. The van der Waals surface area contributed by atoms with Gasteiger partial charge in [0, 0.05) is 35.9 Å². The number of carbonyl (C=O) groups excluding carboxylic acids is 1. The molecule has 2 rings (SSSR count). The number of rotatable bonds is 4. The van der Waals surface area contributed by atoms with E-state index in [9.17, 15) is 4.79 Å². The van der Waals surface area contributed by atoms with Gasteiger partial charge in [-0.2, -0.15) is 5.26 Å². The van der Waals surface area contributed by atoms with Crippen LogP contribution in [0.5, 0.6) is 0 Å². The van der Waals surface area contributed by atoms with Crippen LogP contribution < -0.4 is 5.32 Å². The van der Waals surface area contributed by atoms with E-state index in [1.54, 1.807) is 11.3 Å². The van der Waals surface area contributed by atoms with Gasteiger partial charge in [-0.1, -0.05) is 0 Å². The molecule has 0 aliphatic carbocycles. The van der Waals surface area contributed by atoms with E-state index in [1.807, 2.05) is 37.1 Å². The minimum Gasteiger partial charge on any atom is -0.444 e. The van der Waals surface area contributed by atoms with Gasteiger partial charge in [0.25, 0.3) is 0 Å². The number of nitriles is 1. The second-order valence-corrected chi connectivity index (χ2v) is 7.86. The van der Waals surface area contributed by atoms with Crippen molar-refractivity contribution in [3.05, 3.63) is 21.9 Å². The lowest BCUT2D eigenvalue weighted by molar-refractivity contribution is 0.00994. The molecule has 0 radical (unpaired) electrons. The molecule has 0 spiro atoms. The van der Waals surface area contributed by atoms with Crippen molar-refractivity contribution in [2.75, 3.05) is 13.1 Å². The summed E-state index contributed by atoms with van der Waals surface area (Å²) in [6, 6.07) is 4.23. The molecule has 1 saturated heterocycles. The van der Waals surface area contributed by atoms with Crippen LogP contribution in [0.1, 0.15) is 50.5 Å². The van der Waals surface area contributed by atoms with E-state index >= 15 is 0 Å². The molecule has 1 amide bonds. The quantitative estimate of drug-likeness (QED) is 0.914. The van der Waals surface area contributed by atoms with E-state index in [1.165, 1.54) is 0 Å². The molecule has 1 atom stereocenters. The van der Waals surface area contributed by atoms with Crippen LogP contribution in [-0.2, 0) is 11.3 Å². The van der Waals surface area contributed by atoms with E-state index in [-0.39, 0.29) is 12.1 Å². The summed E-state index contributed by atoms with van der Waals surface area (Å²) in [5.41, 5.74) is 0.247. The highest BCUT2D eigenvalue weighted by Crippen LogP contribution is 2.20. The SMILES string of the molecule is CC(C)(C)OC(=O)N1CCCCC1CNCc1cc(C#N)cs1. The molecule has 1 aromatic heterocycles. The minimum atomic E-state index is -0.461. The molecule has 126 valence electrons. The van der Waals surface area contributed by atoms with Crippen LogP contribution in [0, 0.1) is 11.3 Å². The first-order valence-corrected chi connectivity index (χ1v) is 8.95. The molecule has 5 nitrogen and oxygen atoms in total. The zero-order chi connectivity index (χ0) is 16.9. The molecule has 2 heterocycles. The van der Waals surface area contributed by atoms with Crippen LogP contribution in [0.2, 0.25) is 0 Å². The summed E-state index contributed by atoms with van der Waals surface area (Å²) >= 11 is 1.59. The van der Waals surface area contributed by atoms with Gasteiger partial charge in [0.1, 0.15) is 11.7 Å². The Bertz CT molecular complexity index is 571. The van der Waals surface area contributed by atoms with Crippen LogP contribution in [0.15, 0.2) is 11.4 Å². The van der Waals surface area contributed by atoms with Gasteiger partial charge in [-0.25, -0.2) is 4.79 Å². The number of nitrogens with one attached hydrogen (secondary N) is 1. The summed E-state index contributed by atoms with van der Waals surface area (Å²) in [7, 11) is 0. The number of amides is 1. The fourth-order valence-electron chi connectivity index (χ4n) is 2.67. The van der Waals surface area contributed by atoms with E-state index in [2.05, 4.69) is 11.4 Å². The summed E-state index contributed by atoms with van der Waals surface area (Å²) in [6.07, 6.45) is 2.96. The molecule has 1 N–H and O–H groups in total. The van der Waals surface area contributed by atoms with Crippen LogP contribution in [0.25, 0.3) is 0 Å². The van der Waals surface area contributed by atoms with Crippen LogP contribution in [-0.4, -0.2) is 35.7 Å². The summed E-state index contributed by atoms with van der Waals surface area (Å²) in [6.45, 7) is 7.92. The molecular formula is C17H25N3O2S. The van der Waals surface area contributed by atoms with E-state index in [4.69, 9.17) is 10.00 Å². The predicted molar refractivity (Wildman–Crippen MR) is 91.3 cm³/mol. The molecular weight excluding hydrogens is 310 g/mol. The van der Waals surface area contributed by atoms with Crippen LogP contribution >= 0.6 is 11.3 Å². The van der Waals surface area contributed by atoms with Crippen molar-refractivity contribution >= 4 is 17.4 Å². The lowest BCUT2D eigenvalue weighted by Crippen LogP contribution is -2.50. The Balaban J connectivity index is 1.86. The van der Waals surface area contributed by atoms with Gasteiger partial charge in [0.2, 0.25) is 0 Å². The van der Waals surface area contributed by atoms with Crippen molar-refractivity contribution < 1.29 is 9.53 Å². The molecule has 1 aliphatic heterocycles. The zero-order valence-corrected chi connectivity index (χ0v) is 14.9. The molecule has 23 heavy (non-hydrogen) atoms. The van der Waals surface area contributed by atoms with Crippen molar-refractivity contribution in [3.63, 3.8) is 0 Å². The van der Waals surface area contributed by atoms with Crippen LogP contribution in [0.4, 0.5) is 4.79 Å². The Labute approximate surface area is 142 Å². The lowest BCUT2D eigenvalue weighted by atomic mass is 10.0. The van der Waals surface area contributed by atoms with Gasteiger partial charge in [-0.05, 0) is 46.1 Å². The van der Waals surface area contributed by atoms with Crippen molar-refractivity contribution in [1.82, 2.24) is 10.2 Å². The van der Waals surface area contributed by atoms with Gasteiger partial charge in [-0.15, -0.1) is 11.3 Å². The zero-order valence-electron chi connectivity index (χ0n) is 14.1. The first-order valence-electron chi connectivity index (χ1n) is 8.07. The highest BCUT2D eigenvalue weighted by molar-refractivity contribution is 7.10. The Hall–Kier alpha value is -1.58. The maximum absolute atomic E-state index is 12.3. The average molecular weight is 335 g/mol. The lowest BCUT2D eigenvalue weighted by Gasteiger charge is -2.36. The maximum atomic E-state index is 12.3. The molecule has 1 fully saturated rings. The van der Waals surface area contributed by atoms with Crippen molar-refractivity contribution in [2.24, 2.45) is 0 Å². The number of likely N-dealkylation sites (tertiary alicyclic amines) is 1. The number of ether oxygens (including phenoxy) is 1. The molecule has 0 saturated carbocycles. The standard InChI is InChI=1S/C17H25N3O2S/c1-17(2,3)22-16(21)20-7-5-4-6-14(20)10-19-11-15-8-13(9-18)12-23-15/h8,12,14,19H,4-7,10-11H2,1-3H3. The predicted octanol–water partition coefficient (Wildman–Crippen LogP) is 3.50. The number of thiophene rings is 1. The number of hydrogen-bond donors (Lipinski definition) is 1. The molecule has 0 aromatic carbocycles. The van der Waals surface area contributed by atoms with Crippen molar-refractivity contribution in [1.29, 1.82) is 5.26 Å². The summed E-state index contributed by atoms with van der Waals surface area (Å²) in [4.78, 5) is 15.3. The van der Waals surface area contributed by atoms with Gasteiger partial charge in [0.05, 0.1) is 5.56 Å². The Morgan fingerprint density at radius 3 is 2.96 bits per heavy atom. The Morgan fingerprint density at radius 2 is 2.30 bits per heavy atom. The number of carbonyl (C=O) groups is 1. The van der Waals surface area contributed by atoms with Gasteiger partial charge >= 0.3 is 6.09 Å². The van der Waals surface area contributed by atoms with E-state index in [0.29, 0.717) is 5.56 Å². The first-order chi connectivity index (χ1) is 10.9. The second kappa shape index (κ2) is 7.80.